The fourth-order valence-electron chi connectivity index (χ4n) is 0.885. The molecule has 0 saturated carbocycles. The van der Waals surface area contributed by atoms with E-state index in [4.69, 9.17) is 5.11 Å². The number of aliphatic hydroxyl groups is 1. The van der Waals surface area contributed by atoms with Crippen LogP contribution < -0.4 is 0 Å². The summed E-state index contributed by atoms with van der Waals surface area (Å²) in [7, 11) is 0. The SMILES string of the molecule is CSCCn1ccnc1CO. The highest BCUT2D eigenvalue weighted by atomic mass is 32.2. The highest BCUT2D eigenvalue weighted by Crippen LogP contribution is 2.00. The van der Waals surface area contributed by atoms with Gasteiger partial charge in [0.25, 0.3) is 0 Å². The van der Waals surface area contributed by atoms with Crippen molar-refractivity contribution < 1.29 is 5.11 Å². The average molecular weight is 172 g/mol. The van der Waals surface area contributed by atoms with Gasteiger partial charge >= 0.3 is 0 Å². The molecule has 0 aliphatic heterocycles. The fraction of sp³-hybridized carbons (Fsp3) is 0.571. The van der Waals surface area contributed by atoms with Crippen molar-refractivity contribution in [2.24, 2.45) is 0 Å². The van der Waals surface area contributed by atoms with Gasteiger partial charge in [-0.3, -0.25) is 0 Å². The summed E-state index contributed by atoms with van der Waals surface area (Å²) in [6.45, 7) is 0.957. The van der Waals surface area contributed by atoms with Crippen LogP contribution in [-0.2, 0) is 13.2 Å². The molecule has 0 fully saturated rings. The summed E-state index contributed by atoms with van der Waals surface area (Å²) in [5, 5.41) is 8.82. The predicted octanol–water partition coefficient (Wildman–Crippen LogP) is 0.738. The number of hydrogen-bond acceptors (Lipinski definition) is 3. The quantitative estimate of drug-likeness (QED) is 0.728. The molecule has 1 aromatic heterocycles. The van der Waals surface area contributed by atoms with E-state index in [0.717, 1.165) is 18.1 Å². The Morgan fingerprint density at radius 1 is 1.73 bits per heavy atom. The van der Waals surface area contributed by atoms with Crippen LogP contribution in [-0.4, -0.2) is 26.7 Å². The zero-order valence-corrected chi connectivity index (χ0v) is 7.34. The zero-order valence-electron chi connectivity index (χ0n) is 6.53. The Hall–Kier alpha value is -0.480. The summed E-state index contributed by atoms with van der Waals surface area (Å²) >= 11 is 1.79. The molecular weight excluding hydrogens is 160 g/mol. The third-order valence-electron chi connectivity index (χ3n) is 1.48. The number of hydrogen-bond donors (Lipinski definition) is 1. The zero-order chi connectivity index (χ0) is 8.10. The Balaban J connectivity index is 2.54. The minimum Gasteiger partial charge on any atom is -0.388 e. The molecule has 4 heteroatoms. The summed E-state index contributed by atoms with van der Waals surface area (Å²) in [6.07, 6.45) is 5.67. The van der Waals surface area contributed by atoms with E-state index in [1.54, 1.807) is 18.0 Å². The second kappa shape index (κ2) is 4.41. The molecule has 0 atom stereocenters. The van der Waals surface area contributed by atoms with Crippen LogP contribution in [0.4, 0.5) is 0 Å². The van der Waals surface area contributed by atoms with Crippen LogP contribution in [0.2, 0.25) is 0 Å². The molecular formula is C7H12N2OS. The van der Waals surface area contributed by atoms with Gasteiger partial charge in [0, 0.05) is 24.7 Å². The van der Waals surface area contributed by atoms with Gasteiger partial charge < -0.3 is 9.67 Å². The number of aryl methyl sites for hydroxylation is 1. The number of aliphatic hydroxyl groups excluding tert-OH is 1. The summed E-state index contributed by atoms with van der Waals surface area (Å²) < 4.78 is 1.97. The Kier molecular flexibility index (Phi) is 3.45. The lowest BCUT2D eigenvalue weighted by Gasteiger charge is -2.02. The molecule has 0 radical (unpaired) electrons. The number of thioether (sulfide) groups is 1. The Labute approximate surface area is 70.4 Å². The van der Waals surface area contributed by atoms with E-state index in [1.807, 2.05) is 10.8 Å². The van der Waals surface area contributed by atoms with Gasteiger partial charge in [-0.05, 0) is 6.26 Å². The molecule has 0 saturated heterocycles. The fourth-order valence-corrected chi connectivity index (χ4v) is 1.26. The summed E-state index contributed by atoms with van der Waals surface area (Å²) in [6, 6.07) is 0. The first-order chi connectivity index (χ1) is 5.38. The van der Waals surface area contributed by atoms with Gasteiger partial charge in [-0.2, -0.15) is 11.8 Å². The summed E-state index contributed by atoms with van der Waals surface area (Å²) in [5.41, 5.74) is 0. The third kappa shape index (κ3) is 2.24. The van der Waals surface area contributed by atoms with Crippen molar-refractivity contribution in [1.29, 1.82) is 0 Å². The topological polar surface area (TPSA) is 38.0 Å². The lowest BCUT2D eigenvalue weighted by atomic mass is 10.6. The van der Waals surface area contributed by atoms with Crippen molar-refractivity contribution in [3.63, 3.8) is 0 Å². The van der Waals surface area contributed by atoms with E-state index in [0.29, 0.717) is 0 Å². The van der Waals surface area contributed by atoms with E-state index >= 15 is 0 Å². The van der Waals surface area contributed by atoms with Crippen molar-refractivity contribution in [2.45, 2.75) is 13.2 Å². The summed E-state index contributed by atoms with van der Waals surface area (Å²) in [5.74, 6) is 1.81. The van der Waals surface area contributed by atoms with Gasteiger partial charge in [-0.15, -0.1) is 0 Å². The summed E-state index contributed by atoms with van der Waals surface area (Å²) in [4.78, 5) is 3.99. The third-order valence-corrected chi connectivity index (χ3v) is 2.07. The van der Waals surface area contributed by atoms with E-state index < -0.39 is 0 Å². The molecule has 0 spiro atoms. The minimum atomic E-state index is 0.0291. The first kappa shape index (κ1) is 8.62. The molecule has 0 aliphatic carbocycles. The van der Waals surface area contributed by atoms with Gasteiger partial charge in [0.1, 0.15) is 12.4 Å². The van der Waals surface area contributed by atoms with E-state index in [-0.39, 0.29) is 6.61 Å². The van der Waals surface area contributed by atoms with Gasteiger partial charge in [0.05, 0.1) is 0 Å². The molecule has 3 nitrogen and oxygen atoms in total. The lowest BCUT2D eigenvalue weighted by molar-refractivity contribution is 0.266. The van der Waals surface area contributed by atoms with Crippen LogP contribution >= 0.6 is 11.8 Å². The normalized spacial score (nSPS) is 10.4. The van der Waals surface area contributed by atoms with E-state index in [9.17, 15) is 0 Å². The van der Waals surface area contributed by atoms with Crippen LogP contribution in [0.1, 0.15) is 5.82 Å². The monoisotopic (exact) mass is 172 g/mol. The van der Waals surface area contributed by atoms with Crippen LogP contribution in [0.15, 0.2) is 12.4 Å². The molecule has 1 N–H and O–H groups in total. The largest absolute Gasteiger partial charge is 0.388 e. The van der Waals surface area contributed by atoms with Crippen molar-refractivity contribution in [3.8, 4) is 0 Å². The van der Waals surface area contributed by atoms with Crippen LogP contribution in [0.25, 0.3) is 0 Å². The first-order valence-corrected chi connectivity index (χ1v) is 4.87. The van der Waals surface area contributed by atoms with Crippen LogP contribution in [0, 0.1) is 0 Å². The number of imidazole rings is 1. The molecule has 1 heterocycles. The van der Waals surface area contributed by atoms with Gasteiger partial charge in [0.2, 0.25) is 0 Å². The molecule has 0 aromatic carbocycles. The Morgan fingerprint density at radius 3 is 3.18 bits per heavy atom. The maximum absolute atomic E-state index is 8.82. The first-order valence-electron chi connectivity index (χ1n) is 3.48. The molecule has 1 aromatic rings. The van der Waals surface area contributed by atoms with Gasteiger partial charge in [-0.25, -0.2) is 4.98 Å². The van der Waals surface area contributed by atoms with Crippen molar-refractivity contribution in [1.82, 2.24) is 9.55 Å². The molecule has 11 heavy (non-hydrogen) atoms. The highest BCUT2D eigenvalue weighted by molar-refractivity contribution is 7.98. The van der Waals surface area contributed by atoms with Gasteiger partial charge in [-0.1, -0.05) is 0 Å². The number of aromatic nitrogens is 2. The van der Waals surface area contributed by atoms with Crippen LogP contribution in [0.5, 0.6) is 0 Å². The number of rotatable bonds is 4. The smallest absolute Gasteiger partial charge is 0.134 e. The standard InChI is InChI=1S/C7H12N2OS/c1-11-5-4-9-3-2-8-7(9)6-10/h2-3,10H,4-6H2,1H3. The number of nitrogens with zero attached hydrogens (tertiary/aromatic N) is 2. The minimum absolute atomic E-state index is 0.0291. The molecule has 0 bridgehead atoms. The van der Waals surface area contributed by atoms with Crippen molar-refractivity contribution >= 4 is 11.8 Å². The van der Waals surface area contributed by atoms with Crippen molar-refractivity contribution in [3.05, 3.63) is 18.2 Å². The molecule has 0 aliphatic rings. The molecule has 0 unspecified atom stereocenters. The predicted molar refractivity (Wildman–Crippen MR) is 46.5 cm³/mol. The second-order valence-corrected chi connectivity index (χ2v) is 3.17. The molecule has 0 amide bonds. The highest BCUT2D eigenvalue weighted by Gasteiger charge is 1.98. The lowest BCUT2D eigenvalue weighted by Crippen LogP contribution is -2.04. The molecule has 1 rings (SSSR count). The van der Waals surface area contributed by atoms with E-state index in [2.05, 4.69) is 11.2 Å². The van der Waals surface area contributed by atoms with Crippen molar-refractivity contribution in [2.75, 3.05) is 12.0 Å². The maximum Gasteiger partial charge on any atom is 0.134 e. The van der Waals surface area contributed by atoms with Crippen LogP contribution in [0.3, 0.4) is 0 Å². The Morgan fingerprint density at radius 2 is 2.55 bits per heavy atom. The Bertz CT molecular complexity index is 212. The van der Waals surface area contributed by atoms with Gasteiger partial charge in [0.15, 0.2) is 0 Å². The molecule has 62 valence electrons. The van der Waals surface area contributed by atoms with E-state index in [1.165, 1.54) is 0 Å². The second-order valence-electron chi connectivity index (χ2n) is 2.19. The average Bonchev–Trinajstić information content (AvgIpc) is 2.47. The maximum atomic E-state index is 8.82.